The van der Waals surface area contributed by atoms with E-state index in [0.717, 1.165) is 0 Å². The van der Waals surface area contributed by atoms with Crippen LogP contribution < -0.4 is 0 Å². The third-order valence-electron chi connectivity index (χ3n) is 1.89. The number of aromatic nitrogens is 3. The van der Waals surface area contributed by atoms with Crippen molar-refractivity contribution in [3.8, 4) is 0 Å². The number of carbonyl (C=O) groups excluding carboxylic acids is 1. The lowest BCUT2D eigenvalue weighted by atomic mass is 9.98. The zero-order chi connectivity index (χ0) is 9.19. The lowest BCUT2D eigenvalue weighted by molar-refractivity contribution is 0.0474. The summed E-state index contributed by atoms with van der Waals surface area (Å²) in [7, 11) is 0. The molecule has 0 saturated heterocycles. The van der Waals surface area contributed by atoms with Crippen LogP contribution in [0.3, 0.4) is 0 Å². The summed E-state index contributed by atoms with van der Waals surface area (Å²) < 4.78 is 0. The Morgan fingerprint density at radius 1 is 1.67 bits per heavy atom. The number of carbonyl (C=O) groups is 1. The van der Waals surface area contributed by atoms with Crippen molar-refractivity contribution in [3.63, 3.8) is 0 Å². The van der Waals surface area contributed by atoms with Crippen molar-refractivity contribution in [1.82, 2.24) is 15.4 Å². The number of hydrogen-bond acceptors (Lipinski definition) is 4. The van der Waals surface area contributed by atoms with Gasteiger partial charge in [0.2, 0.25) is 0 Å². The van der Waals surface area contributed by atoms with Crippen LogP contribution in [0.5, 0.6) is 0 Å². The Kier molecular flexibility index (Phi) is 2.23. The Bertz CT molecular complexity index is 280. The van der Waals surface area contributed by atoms with E-state index < -0.39 is 5.60 Å². The van der Waals surface area contributed by atoms with E-state index in [1.807, 2.05) is 6.92 Å². The highest BCUT2D eigenvalue weighted by Crippen LogP contribution is 2.22. The average molecular weight is 169 g/mol. The molecule has 0 aliphatic carbocycles. The molecule has 66 valence electrons. The Labute approximate surface area is 69.8 Å². The molecule has 12 heavy (non-hydrogen) atoms. The van der Waals surface area contributed by atoms with Gasteiger partial charge in [-0.1, -0.05) is 6.92 Å². The molecule has 5 nitrogen and oxygen atoms in total. The second-order valence-electron chi connectivity index (χ2n) is 2.80. The van der Waals surface area contributed by atoms with Crippen LogP contribution in [0.4, 0.5) is 0 Å². The molecule has 0 spiro atoms. The predicted molar refractivity (Wildman–Crippen MR) is 41.6 cm³/mol. The van der Waals surface area contributed by atoms with Gasteiger partial charge < -0.3 is 5.11 Å². The number of hydrogen-bond donors (Lipinski definition) is 2. The Morgan fingerprint density at radius 2 is 2.33 bits per heavy atom. The summed E-state index contributed by atoms with van der Waals surface area (Å²) in [5.74, 6) is 0. The maximum absolute atomic E-state index is 10.4. The summed E-state index contributed by atoms with van der Waals surface area (Å²) >= 11 is 0. The van der Waals surface area contributed by atoms with Crippen LogP contribution in [0.1, 0.15) is 36.5 Å². The quantitative estimate of drug-likeness (QED) is 0.635. The molecular formula is C7H11N3O2. The second-order valence-corrected chi connectivity index (χ2v) is 2.80. The first-order valence-electron chi connectivity index (χ1n) is 3.70. The fraction of sp³-hybridized carbons (Fsp3) is 0.571. The van der Waals surface area contributed by atoms with Crippen molar-refractivity contribution in [2.24, 2.45) is 0 Å². The smallest absolute Gasteiger partial charge is 0.172 e. The fourth-order valence-corrected chi connectivity index (χ4v) is 0.885. The van der Waals surface area contributed by atoms with Gasteiger partial charge in [-0.3, -0.25) is 4.79 Å². The van der Waals surface area contributed by atoms with Gasteiger partial charge >= 0.3 is 0 Å². The first-order chi connectivity index (χ1) is 5.61. The van der Waals surface area contributed by atoms with Crippen LogP contribution in [-0.4, -0.2) is 26.8 Å². The normalized spacial score (nSPS) is 15.6. The van der Waals surface area contributed by atoms with E-state index in [9.17, 15) is 9.90 Å². The van der Waals surface area contributed by atoms with E-state index in [1.54, 1.807) is 6.92 Å². The minimum Gasteiger partial charge on any atom is -0.384 e. The summed E-state index contributed by atoms with van der Waals surface area (Å²) in [4.78, 5) is 10.4. The Balaban J connectivity index is 3.08. The van der Waals surface area contributed by atoms with Gasteiger partial charge in [-0.15, -0.1) is 0 Å². The molecule has 1 aromatic heterocycles. The van der Waals surface area contributed by atoms with E-state index in [2.05, 4.69) is 15.4 Å². The maximum atomic E-state index is 10.4. The first kappa shape index (κ1) is 8.86. The lowest BCUT2D eigenvalue weighted by Gasteiger charge is -2.17. The molecule has 1 atom stereocenters. The molecule has 0 fully saturated rings. The minimum absolute atomic E-state index is 0.168. The molecule has 1 heterocycles. The number of aldehydes is 1. The van der Waals surface area contributed by atoms with E-state index in [-0.39, 0.29) is 5.69 Å². The van der Waals surface area contributed by atoms with Crippen LogP contribution in [0, 0.1) is 0 Å². The van der Waals surface area contributed by atoms with Crippen molar-refractivity contribution in [2.75, 3.05) is 0 Å². The number of aromatic amines is 1. The predicted octanol–water partition coefficient (Wildman–Crippen LogP) is 0.235. The summed E-state index contributed by atoms with van der Waals surface area (Å²) in [5, 5.41) is 19.3. The molecule has 1 aromatic rings. The largest absolute Gasteiger partial charge is 0.384 e. The molecule has 0 unspecified atom stereocenters. The second kappa shape index (κ2) is 3.02. The van der Waals surface area contributed by atoms with Crippen LogP contribution in [-0.2, 0) is 5.60 Å². The molecular weight excluding hydrogens is 158 g/mol. The lowest BCUT2D eigenvalue weighted by Crippen LogP contribution is -2.22. The molecule has 2 N–H and O–H groups in total. The summed E-state index contributed by atoms with van der Waals surface area (Å²) in [6.45, 7) is 3.40. The standard InChI is InChI=1S/C7H11N3O2/c1-3-7(2,12)6-5(4-11)8-10-9-6/h4,12H,3H2,1-2H3,(H,8,9,10)/t7-/m1/s1. The van der Waals surface area contributed by atoms with Gasteiger partial charge in [0.15, 0.2) is 12.0 Å². The highest BCUT2D eigenvalue weighted by Gasteiger charge is 2.27. The monoisotopic (exact) mass is 169 g/mol. The maximum Gasteiger partial charge on any atom is 0.172 e. The van der Waals surface area contributed by atoms with Gasteiger partial charge in [0.05, 0.1) is 0 Å². The van der Waals surface area contributed by atoms with Crippen molar-refractivity contribution in [2.45, 2.75) is 25.9 Å². The number of rotatable bonds is 3. The van der Waals surface area contributed by atoms with Gasteiger partial charge in [0.1, 0.15) is 11.3 Å². The minimum atomic E-state index is -1.08. The van der Waals surface area contributed by atoms with Crippen LogP contribution in [0.15, 0.2) is 0 Å². The summed E-state index contributed by atoms with van der Waals surface area (Å²) in [6, 6.07) is 0. The van der Waals surface area contributed by atoms with Gasteiger partial charge in [0, 0.05) is 0 Å². The molecule has 0 aliphatic rings. The summed E-state index contributed by atoms with van der Waals surface area (Å²) in [5.41, 5.74) is -0.606. The topological polar surface area (TPSA) is 78.9 Å². The zero-order valence-corrected chi connectivity index (χ0v) is 7.03. The molecule has 5 heteroatoms. The number of nitrogens with zero attached hydrogens (tertiary/aromatic N) is 2. The van der Waals surface area contributed by atoms with Crippen molar-refractivity contribution in [1.29, 1.82) is 0 Å². The Morgan fingerprint density at radius 3 is 2.83 bits per heavy atom. The number of aliphatic hydroxyl groups is 1. The van der Waals surface area contributed by atoms with E-state index in [1.165, 1.54) is 0 Å². The number of H-pyrrole nitrogens is 1. The zero-order valence-electron chi connectivity index (χ0n) is 7.03. The van der Waals surface area contributed by atoms with Gasteiger partial charge in [-0.05, 0) is 13.3 Å². The third kappa shape index (κ3) is 1.35. The molecule has 0 aliphatic heterocycles. The van der Waals surface area contributed by atoms with Crippen molar-refractivity contribution in [3.05, 3.63) is 11.4 Å². The van der Waals surface area contributed by atoms with E-state index in [4.69, 9.17) is 0 Å². The highest BCUT2D eigenvalue weighted by atomic mass is 16.3. The van der Waals surface area contributed by atoms with Crippen molar-refractivity contribution >= 4 is 6.29 Å². The van der Waals surface area contributed by atoms with Crippen LogP contribution in [0.2, 0.25) is 0 Å². The van der Waals surface area contributed by atoms with Gasteiger partial charge in [-0.2, -0.15) is 15.4 Å². The van der Waals surface area contributed by atoms with Gasteiger partial charge in [-0.25, -0.2) is 0 Å². The molecule has 0 amide bonds. The average Bonchev–Trinajstić information content (AvgIpc) is 2.52. The number of nitrogens with one attached hydrogen (secondary N) is 1. The fourth-order valence-electron chi connectivity index (χ4n) is 0.885. The Hall–Kier alpha value is -1.23. The highest BCUT2D eigenvalue weighted by molar-refractivity contribution is 5.73. The van der Waals surface area contributed by atoms with Crippen LogP contribution in [0.25, 0.3) is 0 Å². The van der Waals surface area contributed by atoms with Crippen LogP contribution >= 0.6 is 0 Å². The SMILES string of the molecule is CC[C@@](C)(O)c1n[nH]nc1C=O. The molecule has 0 radical (unpaired) electrons. The van der Waals surface area contributed by atoms with Gasteiger partial charge in [0.25, 0.3) is 0 Å². The first-order valence-corrected chi connectivity index (χ1v) is 3.70. The molecule has 0 saturated carbocycles. The van der Waals surface area contributed by atoms with E-state index >= 15 is 0 Å². The molecule has 1 rings (SSSR count). The molecule has 0 bridgehead atoms. The third-order valence-corrected chi connectivity index (χ3v) is 1.89. The summed E-state index contributed by atoms with van der Waals surface area (Å²) in [6.07, 6.45) is 1.06. The van der Waals surface area contributed by atoms with Crippen molar-refractivity contribution < 1.29 is 9.90 Å². The van der Waals surface area contributed by atoms with E-state index in [0.29, 0.717) is 18.4 Å². The molecule has 0 aromatic carbocycles.